The lowest BCUT2D eigenvalue weighted by Gasteiger charge is -2.33. The fraction of sp³-hybridized carbons (Fsp3) is 0.560. The number of aliphatic imine (C=N–C) groups is 1. The molecule has 1 aromatic carbocycles. The van der Waals surface area contributed by atoms with E-state index in [0.29, 0.717) is 18.7 Å². The molecule has 0 bridgehead atoms. The number of methoxy groups -OCH3 is 1. The predicted octanol–water partition coefficient (Wildman–Crippen LogP) is 3.46. The van der Waals surface area contributed by atoms with E-state index in [9.17, 15) is 0 Å². The molecule has 1 aliphatic heterocycles. The Hall–Kier alpha value is -2.51. The van der Waals surface area contributed by atoms with Crippen LogP contribution in [0.3, 0.4) is 0 Å². The lowest BCUT2D eigenvalue weighted by Crippen LogP contribution is -2.49. The number of hydrogen-bond donors (Lipinski definition) is 2. The van der Waals surface area contributed by atoms with Crippen LogP contribution in [0, 0.1) is 0 Å². The summed E-state index contributed by atoms with van der Waals surface area (Å²) >= 11 is 0. The van der Waals surface area contributed by atoms with Gasteiger partial charge in [0, 0.05) is 38.6 Å². The van der Waals surface area contributed by atoms with Gasteiger partial charge in [-0.05, 0) is 56.5 Å². The van der Waals surface area contributed by atoms with Crippen LogP contribution in [0.4, 0.5) is 0 Å². The van der Waals surface area contributed by atoms with Gasteiger partial charge >= 0.3 is 0 Å². The van der Waals surface area contributed by atoms with Crippen LogP contribution in [-0.2, 0) is 17.7 Å². The largest absolute Gasteiger partial charge is 0.497 e. The molecule has 176 valence electrons. The Labute approximate surface area is 192 Å². The van der Waals surface area contributed by atoms with E-state index in [0.717, 1.165) is 75.1 Å². The highest BCUT2D eigenvalue weighted by molar-refractivity contribution is 5.80. The minimum atomic E-state index is 0.297. The number of hydrogen-bond acceptors (Lipinski definition) is 5. The maximum atomic E-state index is 5.70. The Bertz CT molecular complexity index is 782. The molecule has 0 aliphatic carbocycles. The van der Waals surface area contributed by atoms with Crippen LogP contribution < -0.4 is 15.4 Å². The molecule has 0 unspecified atom stereocenters. The summed E-state index contributed by atoms with van der Waals surface area (Å²) in [4.78, 5) is 7.33. The molecule has 2 aromatic rings. The number of furan rings is 1. The van der Waals surface area contributed by atoms with Crippen molar-refractivity contribution in [3.63, 3.8) is 0 Å². The van der Waals surface area contributed by atoms with Crippen molar-refractivity contribution in [1.82, 2.24) is 15.5 Å². The first-order valence-electron chi connectivity index (χ1n) is 11.7. The first-order valence-corrected chi connectivity index (χ1v) is 11.7. The molecule has 0 amide bonds. The summed E-state index contributed by atoms with van der Waals surface area (Å²) in [5.41, 5.74) is 1.15. The molecular formula is C25H38N4O3. The van der Waals surface area contributed by atoms with Gasteiger partial charge in [-0.1, -0.05) is 12.1 Å². The van der Waals surface area contributed by atoms with Crippen molar-refractivity contribution in [2.45, 2.75) is 51.8 Å². The van der Waals surface area contributed by atoms with Crippen molar-refractivity contribution in [3.8, 4) is 5.75 Å². The molecular weight excluding hydrogens is 404 g/mol. The normalized spacial score (nSPS) is 15.8. The second kappa shape index (κ2) is 13.1. The average Bonchev–Trinajstić information content (AvgIpc) is 3.32. The number of rotatable bonds is 11. The lowest BCUT2D eigenvalue weighted by atomic mass is 10.1. The molecule has 3 rings (SSSR count). The summed E-state index contributed by atoms with van der Waals surface area (Å²) in [5, 5.41) is 7.13. The quantitative estimate of drug-likeness (QED) is 0.410. The van der Waals surface area contributed by atoms with E-state index in [1.165, 1.54) is 0 Å². The summed E-state index contributed by atoms with van der Waals surface area (Å²) in [6.45, 7) is 9.53. The minimum absolute atomic E-state index is 0.297. The van der Waals surface area contributed by atoms with Crippen LogP contribution in [-0.4, -0.2) is 62.9 Å². The van der Waals surface area contributed by atoms with E-state index in [2.05, 4.69) is 41.5 Å². The smallest absolute Gasteiger partial charge is 0.191 e. The highest BCUT2D eigenvalue weighted by Crippen LogP contribution is 2.13. The summed E-state index contributed by atoms with van der Waals surface area (Å²) in [6, 6.07) is 12.4. The summed E-state index contributed by atoms with van der Waals surface area (Å²) in [7, 11) is 1.68. The SMILES string of the molecule is COc1ccc(CN=C(NCCc2ccco2)NC2CCN(CCOC(C)C)CC2)cc1. The van der Waals surface area contributed by atoms with E-state index < -0.39 is 0 Å². The van der Waals surface area contributed by atoms with Crippen LogP contribution in [0.15, 0.2) is 52.1 Å². The third kappa shape index (κ3) is 8.55. The van der Waals surface area contributed by atoms with Gasteiger partial charge in [0.15, 0.2) is 5.96 Å². The van der Waals surface area contributed by atoms with Crippen LogP contribution in [0.5, 0.6) is 5.75 Å². The van der Waals surface area contributed by atoms with Crippen molar-refractivity contribution in [1.29, 1.82) is 0 Å². The van der Waals surface area contributed by atoms with Crippen LogP contribution in [0.2, 0.25) is 0 Å². The fourth-order valence-corrected chi connectivity index (χ4v) is 3.72. The minimum Gasteiger partial charge on any atom is -0.497 e. The molecule has 2 N–H and O–H groups in total. The molecule has 1 aromatic heterocycles. The van der Waals surface area contributed by atoms with Gasteiger partial charge in [0.25, 0.3) is 0 Å². The molecule has 7 heteroatoms. The van der Waals surface area contributed by atoms with E-state index in [4.69, 9.17) is 18.9 Å². The van der Waals surface area contributed by atoms with Crippen molar-refractivity contribution in [2.24, 2.45) is 4.99 Å². The van der Waals surface area contributed by atoms with E-state index in [1.807, 2.05) is 24.3 Å². The molecule has 0 saturated carbocycles. The number of guanidine groups is 1. The first-order chi connectivity index (χ1) is 15.6. The van der Waals surface area contributed by atoms with Gasteiger partial charge < -0.3 is 29.4 Å². The number of piperidine rings is 1. The summed E-state index contributed by atoms with van der Waals surface area (Å²) in [6.07, 6.45) is 5.04. The Kier molecular flexibility index (Phi) is 9.91. The first kappa shape index (κ1) is 24.1. The molecule has 1 saturated heterocycles. The third-order valence-electron chi connectivity index (χ3n) is 5.61. The number of likely N-dealkylation sites (tertiary alicyclic amines) is 1. The van der Waals surface area contributed by atoms with Crippen LogP contribution >= 0.6 is 0 Å². The number of nitrogens with one attached hydrogen (secondary N) is 2. The molecule has 1 fully saturated rings. The summed E-state index contributed by atoms with van der Waals surface area (Å²) < 4.78 is 16.4. The highest BCUT2D eigenvalue weighted by Gasteiger charge is 2.20. The number of ether oxygens (including phenoxy) is 2. The Morgan fingerprint density at radius 1 is 1.19 bits per heavy atom. The van der Waals surface area contributed by atoms with E-state index in [-0.39, 0.29) is 0 Å². The van der Waals surface area contributed by atoms with Crippen LogP contribution in [0.1, 0.15) is 38.0 Å². The number of nitrogens with zero attached hydrogens (tertiary/aromatic N) is 2. The second-order valence-corrected chi connectivity index (χ2v) is 8.45. The molecule has 0 atom stereocenters. The summed E-state index contributed by atoms with van der Waals surface area (Å²) in [5.74, 6) is 2.69. The molecule has 7 nitrogen and oxygen atoms in total. The second-order valence-electron chi connectivity index (χ2n) is 8.45. The van der Waals surface area contributed by atoms with Crippen molar-refractivity contribution < 1.29 is 13.9 Å². The molecule has 0 spiro atoms. The molecule has 0 radical (unpaired) electrons. The highest BCUT2D eigenvalue weighted by atomic mass is 16.5. The number of benzene rings is 1. The van der Waals surface area contributed by atoms with Gasteiger partial charge in [0.2, 0.25) is 0 Å². The maximum Gasteiger partial charge on any atom is 0.191 e. The van der Waals surface area contributed by atoms with Gasteiger partial charge in [-0.3, -0.25) is 0 Å². The van der Waals surface area contributed by atoms with Gasteiger partial charge in [0.1, 0.15) is 11.5 Å². The van der Waals surface area contributed by atoms with E-state index in [1.54, 1.807) is 13.4 Å². The van der Waals surface area contributed by atoms with Gasteiger partial charge in [0.05, 0.1) is 32.6 Å². The molecule has 1 aliphatic rings. The van der Waals surface area contributed by atoms with Crippen LogP contribution in [0.25, 0.3) is 0 Å². The zero-order chi connectivity index (χ0) is 22.6. The van der Waals surface area contributed by atoms with Gasteiger partial charge in [-0.2, -0.15) is 0 Å². The maximum absolute atomic E-state index is 5.70. The predicted molar refractivity (Wildman–Crippen MR) is 128 cm³/mol. The van der Waals surface area contributed by atoms with Gasteiger partial charge in [-0.25, -0.2) is 4.99 Å². The molecule has 2 heterocycles. The standard InChI is InChI=1S/C25H38N4O3/c1-20(2)31-18-16-29-14-11-22(12-15-29)28-25(26-13-10-24-5-4-17-32-24)27-19-21-6-8-23(30-3)9-7-21/h4-9,17,20,22H,10-16,18-19H2,1-3H3,(H2,26,27,28). The van der Waals surface area contributed by atoms with Crippen molar-refractivity contribution >= 4 is 5.96 Å². The zero-order valence-electron chi connectivity index (χ0n) is 19.7. The average molecular weight is 443 g/mol. The topological polar surface area (TPSA) is 71.3 Å². The van der Waals surface area contributed by atoms with E-state index >= 15 is 0 Å². The Morgan fingerprint density at radius 3 is 2.62 bits per heavy atom. The monoisotopic (exact) mass is 442 g/mol. The lowest BCUT2D eigenvalue weighted by molar-refractivity contribution is 0.0532. The zero-order valence-corrected chi connectivity index (χ0v) is 19.7. The fourth-order valence-electron chi connectivity index (χ4n) is 3.72. The Morgan fingerprint density at radius 2 is 1.97 bits per heavy atom. The molecule has 32 heavy (non-hydrogen) atoms. The van der Waals surface area contributed by atoms with Gasteiger partial charge in [-0.15, -0.1) is 0 Å². The van der Waals surface area contributed by atoms with Crippen molar-refractivity contribution in [2.75, 3.05) is 39.9 Å². The third-order valence-corrected chi connectivity index (χ3v) is 5.61. The Balaban J connectivity index is 1.50. The van der Waals surface area contributed by atoms with Crippen molar-refractivity contribution in [3.05, 3.63) is 54.0 Å².